The zero-order chi connectivity index (χ0) is 21.3. The second kappa shape index (κ2) is 11.6. The van der Waals surface area contributed by atoms with Gasteiger partial charge in [0.25, 0.3) is 0 Å². The molecule has 9 nitrogen and oxygen atoms in total. The summed E-state index contributed by atoms with van der Waals surface area (Å²) in [6.45, 7) is 5.95. The largest absolute Gasteiger partial charge is 0.421 e. The van der Waals surface area contributed by atoms with Crippen LogP contribution in [0.2, 0.25) is 0 Å². The molecular weight excluding hydrogens is 428 g/mol. The standard InChI is InChI=1S/C16H29NO8P2S/c1-5-22-26(18,23-6-2)15-28(20,21)17(14-16-12-10-9-11-13-16)27(19,24-7-3)25-8-4/h9-13H,5-8,14-15H2,1-4H3. The lowest BCUT2D eigenvalue weighted by Gasteiger charge is -2.30. The fourth-order valence-corrected chi connectivity index (χ4v) is 9.56. The van der Waals surface area contributed by atoms with Crippen LogP contribution in [0.4, 0.5) is 0 Å². The van der Waals surface area contributed by atoms with Gasteiger partial charge in [-0.05, 0) is 33.3 Å². The van der Waals surface area contributed by atoms with E-state index in [1.54, 1.807) is 58.0 Å². The normalized spacial score (nSPS) is 13.2. The van der Waals surface area contributed by atoms with Crippen LogP contribution in [0.5, 0.6) is 0 Å². The van der Waals surface area contributed by atoms with Crippen molar-refractivity contribution in [3.8, 4) is 0 Å². The molecule has 162 valence electrons. The Morgan fingerprint density at radius 1 is 0.821 bits per heavy atom. The summed E-state index contributed by atoms with van der Waals surface area (Å²) in [4.78, 5) is 0. The maximum Gasteiger partial charge on any atom is 0.421 e. The lowest BCUT2D eigenvalue weighted by atomic mass is 10.2. The molecule has 0 heterocycles. The summed E-state index contributed by atoms with van der Waals surface area (Å²) in [6.07, 6.45) is 0. The van der Waals surface area contributed by atoms with Gasteiger partial charge in [0.15, 0.2) is 5.49 Å². The predicted octanol–water partition coefficient (Wildman–Crippen LogP) is 4.22. The molecule has 1 rings (SSSR count). The molecular formula is C16H29NO8P2S. The Balaban J connectivity index is 3.38. The van der Waals surface area contributed by atoms with Crippen molar-refractivity contribution in [3.05, 3.63) is 35.9 Å². The summed E-state index contributed by atoms with van der Waals surface area (Å²) >= 11 is 0. The second-order valence-electron chi connectivity index (χ2n) is 5.46. The minimum Gasteiger partial charge on any atom is -0.308 e. The lowest BCUT2D eigenvalue weighted by Crippen LogP contribution is -2.32. The van der Waals surface area contributed by atoms with Crippen LogP contribution in [0.1, 0.15) is 33.3 Å². The number of benzene rings is 1. The summed E-state index contributed by atoms with van der Waals surface area (Å²) < 4.78 is 73.7. The van der Waals surface area contributed by atoms with Crippen LogP contribution in [0.25, 0.3) is 0 Å². The first-order valence-electron chi connectivity index (χ1n) is 8.98. The zero-order valence-electron chi connectivity index (χ0n) is 16.6. The minimum absolute atomic E-state index is 0.0000633. The fraction of sp³-hybridized carbons (Fsp3) is 0.625. The van der Waals surface area contributed by atoms with Crippen molar-refractivity contribution in [3.63, 3.8) is 0 Å². The molecule has 28 heavy (non-hydrogen) atoms. The first kappa shape index (κ1) is 25.5. The van der Waals surface area contributed by atoms with Crippen LogP contribution in [0.3, 0.4) is 0 Å². The van der Waals surface area contributed by atoms with Gasteiger partial charge in [0, 0.05) is 0 Å². The fourth-order valence-electron chi connectivity index (χ4n) is 2.34. The summed E-state index contributed by atoms with van der Waals surface area (Å²) in [6, 6.07) is 8.56. The highest BCUT2D eigenvalue weighted by atomic mass is 32.2. The van der Waals surface area contributed by atoms with Gasteiger partial charge in [-0.3, -0.25) is 13.6 Å². The average Bonchev–Trinajstić information content (AvgIpc) is 2.60. The Hall–Kier alpha value is -0.570. The van der Waals surface area contributed by atoms with E-state index >= 15 is 0 Å². The molecule has 0 aliphatic heterocycles. The van der Waals surface area contributed by atoms with Gasteiger partial charge in [0.2, 0.25) is 10.0 Å². The van der Waals surface area contributed by atoms with Gasteiger partial charge in [0.05, 0.1) is 33.0 Å². The number of rotatable bonds is 14. The van der Waals surface area contributed by atoms with Gasteiger partial charge in [-0.15, -0.1) is 0 Å². The van der Waals surface area contributed by atoms with Crippen molar-refractivity contribution in [2.24, 2.45) is 0 Å². The molecule has 1 aromatic carbocycles. The van der Waals surface area contributed by atoms with E-state index in [1.807, 2.05) is 0 Å². The monoisotopic (exact) mass is 457 g/mol. The molecule has 0 fully saturated rings. The summed E-state index contributed by atoms with van der Waals surface area (Å²) in [7, 11) is -12.6. The van der Waals surface area contributed by atoms with Gasteiger partial charge in [-0.1, -0.05) is 34.4 Å². The molecule has 0 spiro atoms. The molecule has 0 bridgehead atoms. The molecule has 0 aromatic heterocycles. The first-order valence-corrected chi connectivity index (χ1v) is 13.8. The van der Waals surface area contributed by atoms with Crippen molar-refractivity contribution in [2.75, 3.05) is 31.9 Å². The lowest BCUT2D eigenvalue weighted by molar-refractivity contribution is 0.189. The number of hydrogen-bond donors (Lipinski definition) is 0. The van der Waals surface area contributed by atoms with Crippen LogP contribution in [-0.4, -0.2) is 44.4 Å². The number of nitrogens with zero attached hydrogens (tertiary/aromatic N) is 1. The molecule has 0 radical (unpaired) electrons. The molecule has 1 aromatic rings. The maximum atomic E-state index is 13.3. The van der Waals surface area contributed by atoms with Gasteiger partial charge in [0.1, 0.15) is 0 Å². The summed E-state index contributed by atoms with van der Waals surface area (Å²) in [5.74, 6) is 0. The Morgan fingerprint density at radius 3 is 1.71 bits per heavy atom. The Kier molecular flexibility index (Phi) is 10.5. The van der Waals surface area contributed by atoms with E-state index in [0.29, 0.717) is 9.64 Å². The summed E-state index contributed by atoms with van der Waals surface area (Å²) in [5.41, 5.74) is -0.410. The van der Waals surface area contributed by atoms with Crippen LogP contribution in [-0.2, 0) is 43.8 Å². The number of sulfonamides is 1. The Labute approximate surface area is 167 Å². The van der Waals surface area contributed by atoms with E-state index in [1.165, 1.54) is 0 Å². The van der Waals surface area contributed by atoms with Crippen molar-refractivity contribution in [1.82, 2.24) is 4.08 Å². The smallest absolute Gasteiger partial charge is 0.308 e. The molecule has 0 atom stereocenters. The third-order valence-corrected chi connectivity index (χ3v) is 11.2. The van der Waals surface area contributed by atoms with Gasteiger partial charge < -0.3 is 9.05 Å². The van der Waals surface area contributed by atoms with E-state index in [4.69, 9.17) is 18.1 Å². The van der Waals surface area contributed by atoms with E-state index in [9.17, 15) is 17.5 Å². The van der Waals surface area contributed by atoms with Crippen LogP contribution >= 0.6 is 15.3 Å². The third kappa shape index (κ3) is 7.35. The Morgan fingerprint density at radius 2 is 1.29 bits per heavy atom. The van der Waals surface area contributed by atoms with Crippen molar-refractivity contribution in [1.29, 1.82) is 0 Å². The topological polar surface area (TPSA) is 108 Å². The van der Waals surface area contributed by atoms with Gasteiger partial charge in [-0.25, -0.2) is 13.0 Å². The van der Waals surface area contributed by atoms with Crippen molar-refractivity contribution >= 4 is 25.4 Å². The average molecular weight is 457 g/mol. The van der Waals surface area contributed by atoms with Gasteiger partial charge >= 0.3 is 15.3 Å². The molecule has 0 unspecified atom stereocenters. The highest BCUT2D eigenvalue weighted by molar-refractivity contribution is 7.99. The molecule has 0 amide bonds. The molecule has 0 saturated carbocycles. The predicted molar refractivity (Wildman–Crippen MR) is 107 cm³/mol. The van der Waals surface area contributed by atoms with E-state index in [2.05, 4.69) is 0 Å². The number of hydrogen-bond acceptors (Lipinski definition) is 8. The maximum absolute atomic E-state index is 13.3. The van der Waals surface area contributed by atoms with E-state index < -0.39 is 30.9 Å². The van der Waals surface area contributed by atoms with Crippen molar-refractivity contribution in [2.45, 2.75) is 34.2 Å². The van der Waals surface area contributed by atoms with Crippen LogP contribution < -0.4 is 0 Å². The van der Waals surface area contributed by atoms with E-state index in [0.717, 1.165) is 0 Å². The third-order valence-electron chi connectivity index (χ3n) is 3.31. The SMILES string of the molecule is CCOP(=O)(CS(=O)(=O)N(Cc1ccccc1)P(=O)(OCC)OCC)OCC. The zero-order valence-corrected chi connectivity index (χ0v) is 19.3. The Bertz CT molecular complexity index is 767. The highest BCUT2D eigenvalue weighted by Crippen LogP contribution is 2.57. The second-order valence-corrected chi connectivity index (χ2v) is 12.0. The van der Waals surface area contributed by atoms with Gasteiger partial charge in [-0.2, -0.15) is 0 Å². The first-order chi connectivity index (χ1) is 13.2. The molecule has 0 aliphatic rings. The van der Waals surface area contributed by atoms with Crippen LogP contribution in [0, 0.1) is 0 Å². The van der Waals surface area contributed by atoms with Crippen molar-refractivity contribution < 1.29 is 35.6 Å². The molecule has 0 N–H and O–H groups in total. The van der Waals surface area contributed by atoms with E-state index in [-0.39, 0.29) is 33.0 Å². The van der Waals surface area contributed by atoms with Crippen LogP contribution in [0.15, 0.2) is 30.3 Å². The highest BCUT2D eigenvalue weighted by Gasteiger charge is 2.46. The molecule has 0 saturated heterocycles. The quantitative estimate of drug-likeness (QED) is 0.382. The summed E-state index contributed by atoms with van der Waals surface area (Å²) in [5, 5.41) is 0. The molecule has 12 heteroatoms. The minimum atomic E-state index is -4.42. The molecule has 0 aliphatic carbocycles.